The van der Waals surface area contributed by atoms with Crippen LogP contribution in [-0.4, -0.2) is 45.5 Å². The molecular weight excluding hydrogens is 511 g/mol. The molecule has 0 bridgehead atoms. The normalized spacial score (nSPS) is 12.8. The fourth-order valence-corrected chi connectivity index (χ4v) is 3.62. The van der Waals surface area contributed by atoms with Crippen molar-refractivity contribution in [2.45, 2.75) is 52.7 Å². The van der Waals surface area contributed by atoms with Gasteiger partial charge >= 0.3 is 5.97 Å². The number of benzene rings is 1. The van der Waals surface area contributed by atoms with Crippen molar-refractivity contribution >= 4 is 35.0 Å². The molecule has 0 unspecified atom stereocenters. The minimum absolute atomic E-state index is 0.0302. The number of amides is 1. The number of nitrogens with one attached hydrogen (secondary N) is 2. The van der Waals surface area contributed by atoms with Gasteiger partial charge in [0.25, 0.3) is 5.91 Å². The molecule has 1 aromatic carbocycles. The predicted octanol–water partition coefficient (Wildman–Crippen LogP) is 4.84. The number of halogens is 2. The largest absolute Gasteiger partial charge is 0.460 e. The molecule has 0 spiro atoms. The van der Waals surface area contributed by atoms with Crippen LogP contribution in [0.3, 0.4) is 0 Å². The molecule has 0 saturated heterocycles. The van der Waals surface area contributed by atoms with Gasteiger partial charge in [0.1, 0.15) is 23.8 Å². The number of pyridine rings is 1. The number of rotatable bonds is 10. The number of esters is 1. The van der Waals surface area contributed by atoms with Crippen molar-refractivity contribution in [2.24, 2.45) is 11.7 Å². The van der Waals surface area contributed by atoms with E-state index in [9.17, 15) is 14.0 Å². The second-order valence-electron chi connectivity index (χ2n) is 9.55. The standard InChI is InChI=1S/C27H32ClFN6O3/c1-14(2)19-13-32-24(18-10-17(28)6-7-21(18)29)35-25(19)34-22-8-9-31-12-20(22)26(36)33-11-16(5)38-27(37)23(30)15(3)4/h6-10,12-16,23H,11,30H2,1-5H3,(H,33,36)(H,31,32,34,35)/t16-,23-/m0/s1. The minimum atomic E-state index is -0.740. The van der Waals surface area contributed by atoms with Gasteiger partial charge in [-0.2, -0.15) is 0 Å². The molecule has 0 radical (unpaired) electrons. The van der Waals surface area contributed by atoms with E-state index in [-0.39, 0.29) is 35.3 Å². The first kappa shape index (κ1) is 28.9. The van der Waals surface area contributed by atoms with E-state index < -0.39 is 29.8 Å². The molecule has 4 N–H and O–H groups in total. The molecule has 3 rings (SSSR count). The smallest absolute Gasteiger partial charge is 0.323 e. The fraction of sp³-hybridized carbons (Fsp3) is 0.370. The Morgan fingerprint density at radius 1 is 1.13 bits per heavy atom. The Morgan fingerprint density at radius 3 is 2.55 bits per heavy atom. The molecule has 2 heterocycles. The van der Waals surface area contributed by atoms with E-state index in [1.165, 1.54) is 30.6 Å². The molecule has 9 nitrogen and oxygen atoms in total. The summed E-state index contributed by atoms with van der Waals surface area (Å²) in [5.41, 5.74) is 7.43. The highest BCUT2D eigenvalue weighted by molar-refractivity contribution is 6.30. The van der Waals surface area contributed by atoms with E-state index in [0.717, 1.165) is 5.56 Å². The summed E-state index contributed by atoms with van der Waals surface area (Å²) >= 11 is 6.06. The second kappa shape index (κ2) is 12.7. The maximum absolute atomic E-state index is 14.5. The van der Waals surface area contributed by atoms with E-state index in [1.54, 1.807) is 19.2 Å². The van der Waals surface area contributed by atoms with Crippen LogP contribution in [0.2, 0.25) is 5.02 Å². The van der Waals surface area contributed by atoms with E-state index in [1.807, 2.05) is 27.7 Å². The number of anilines is 2. The molecule has 38 heavy (non-hydrogen) atoms. The van der Waals surface area contributed by atoms with Gasteiger partial charge in [0.15, 0.2) is 5.82 Å². The van der Waals surface area contributed by atoms with Crippen molar-refractivity contribution in [2.75, 3.05) is 11.9 Å². The molecule has 2 atom stereocenters. The molecule has 202 valence electrons. The van der Waals surface area contributed by atoms with E-state index >= 15 is 0 Å². The molecular formula is C27H32ClFN6O3. The number of nitrogens with zero attached hydrogens (tertiary/aromatic N) is 3. The summed E-state index contributed by atoms with van der Waals surface area (Å²) in [6.07, 6.45) is 3.98. The van der Waals surface area contributed by atoms with Gasteiger partial charge in [-0.05, 0) is 43.0 Å². The number of nitrogens with two attached hydrogens (primary N) is 1. The molecule has 1 amide bonds. The van der Waals surface area contributed by atoms with E-state index in [2.05, 4.69) is 25.6 Å². The lowest BCUT2D eigenvalue weighted by atomic mass is 10.1. The lowest BCUT2D eigenvalue weighted by molar-refractivity contribution is -0.150. The van der Waals surface area contributed by atoms with Crippen LogP contribution in [-0.2, 0) is 9.53 Å². The highest BCUT2D eigenvalue weighted by atomic mass is 35.5. The molecule has 0 aliphatic rings. The number of carbonyl (C=O) groups is 2. The van der Waals surface area contributed by atoms with Gasteiger partial charge in [-0.1, -0.05) is 39.3 Å². The zero-order valence-corrected chi connectivity index (χ0v) is 22.7. The Balaban J connectivity index is 1.82. The van der Waals surface area contributed by atoms with Gasteiger partial charge in [-0.15, -0.1) is 0 Å². The maximum Gasteiger partial charge on any atom is 0.323 e. The topological polar surface area (TPSA) is 132 Å². The molecule has 11 heteroatoms. The van der Waals surface area contributed by atoms with Crippen LogP contribution in [0.1, 0.15) is 56.5 Å². The van der Waals surface area contributed by atoms with Crippen molar-refractivity contribution in [3.8, 4) is 11.4 Å². The summed E-state index contributed by atoms with van der Waals surface area (Å²) in [7, 11) is 0. The van der Waals surface area contributed by atoms with Gasteiger partial charge in [0.05, 0.1) is 23.4 Å². The first-order chi connectivity index (χ1) is 18.0. The van der Waals surface area contributed by atoms with E-state index in [4.69, 9.17) is 22.1 Å². The first-order valence-corrected chi connectivity index (χ1v) is 12.6. The Kier molecular flexibility index (Phi) is 9.71. The maximum atomic E-state index is 14.5. The van der Waals surface area contributed by atoms with Crippen molar-refractivity contribution in [1.82, 2.24) is 20.3 Å². The lowest BCUT2D eigenvalue weighted by Gasteiger charge is -2.20. The van der Waals surface area contributed by atoms with Crippen LogP contribution in [0.25, 0.3) is 11.4 Å². The van der Waals surface area contributed by atoms with Crippen LogP contribution in [0.15, 0.2) is 42.9 Å². The fourth-order valence-electron chi connectivity index (χ4n) is 3.45. The van der Waals surface area contributed by atoms with Gasteiger partial charge < -0.3 is 21.1 Å². The predicted molar refractivity (Wildman–Crippen MR) is 145 cm³/mol. The lowest BCUT2D eigenvalue weighted by Crippen LogP contribution is -2.41. The Bertz CT molecular complexity index is 1300. The number of aromatic nitrogens is 3. The minimum Gasteiger partial charge on any atom is -0.460 e. The van der Waals surface area contributed by atoms with Crippen molar-refractivity contribution < 1.29 is 18.7 Å². The second-order valence-corrected chi connectivity index (χ2v) is 9.99. The van der Waals surface area contributed by atoms with E-state index in [0.29, 0.717) is 16.5 Å². The molecule has 0 saturated carbocycles. The summed E-state index contributed by atoms with van der Waals surface area (Å²) in [6, 6.07) is 5.05. The first-order valence-electron chi connectivity index (χ1n) is 12.3. The number of hydrogen-bond donors (Lipinski definition) is 3. The van der Waals surface area contributed by atoms with Gasteiger partial charge in [0.2, 0.25) is 0 Å². The molecule has 0 aliphatic carbocycles. The average molecular weight is 543 g/mol. The zero-order chi connectivity index (χ0) is 28.0. The Morgan fingerprint density at radius 2 is 1.87 bits per heavy atom. The molecule has 3 aromatic rings. The SMILES string of the molecule is CC(C)c1cnc(-c2cc(Cl)ccc2F)nc1Nc1ccncc1C(=O)NC[C@H](C)OC(=O)[C@@H](N)C(C)C. The highest BCUT2D eigenvalue weighted by Gasteiger charge is 2.22. The third kappa shape index (κ3) is 7.23. The van der Waals surface area contributed by atoms with Crippen molar-refractivity contribution in [3.05, 3.63) is 64.8 Å². The Hall–Kier alpha value is -3.63. The molecule has 0 fully saturated rings. The van der Waals surface area contributed by atoms with Gasteiger partial charge in [-0.3, -0.25) is 14.6 Å². The molecule has 0 aliphatic heterocycles. The summed E-state index contributed by atoms with van der Waals surface area (Å²) in [6.45, 7) is 9.33. The van der Waals surface area contributed by atoms with Gasteiger partial charge in [0, 0.05) is 29.2 Å². The van der Waals surface area contributed by atoms with Gasteiger partial charge in [-0.25, -0.2) is 14.4 Å². The summed E-state index contributed by atoms with van der Waals surface area (Å²) in [5, 5.41) is 6.29. The number of hydrogen-bond acceptors (Lipinski definition) is 8. The quantitative estimate of drug-likeness (QED) is 0.310. The van der Waals surface area contributed by atoms with Crippen molar-refractivity contribution in [1.29, 1.82) is 0 Å². The third-order valence-electron chi connectivity index (χ3n) is 5.78. The van der Waals surface area contributed by atoms with Crippen molar-refractivity contribution in [3.63, 3.8) is 0 Å². The van der Waals surface area contributed by atoms with Crippen LogP contribution < -0.4 is 16.4 Å². The summed E-state index contributed by atoms with van der Waals surface area (Å²) in [4.78, 5) is 38.1. The van der Waals surface area contributed by atoms with Crippen LogP contribution in [0.5, 0.6) is 0 Å². The number of ether oxygens (including phenoxy) is 1. The molecule has 2 aromatic heterocycles. The monoisotopic (exact) mass is 542 g/mol. The van der Waals surface area contributed by atoms with Crippen LogP contribution in [0.4, 0.5) is 15.9 Å². The summed E-state index contributed by atoms with van der Waals surface area (Å²) < 4.78 is 19.8. The Labute approximate surface area is 226 Å². The average Bonchev–Trinajstić information content (AvgIpc) is 2.88. The van der Waals surface area contributed by atoms with Crippen LogP contribution >= 0.6 is 11.6 Å². The zero-order valence-electron chi connectivity index (χ0n) is 22.0. The summed E-state index contributed by atoms with van der Waals surface area (Å²) in [5.74, 6) is -0.947. The third-order valence-corrected chi connectivity index (χ3v) is 6.02. The number of carbonyl (C=O) groups excluding carboxylic acids is 2. The van der Waals surface area contributed by atoms with Crippen LogP contribution in [0, 0.1) is 11.7 Å². The highest BCUT2D eigenvalue weighted by Crippen LogP contribution is 2.30.